The van der Waals surface area contributed by atoms with Crippen molar-refractivity contribution in [3.05, 3.63) is 29.8 Å². The minimum Gasteiger partial charge on any atom is -0.508 e. The van der Waals surface area contributed by atoms with Crippen LogP contribution in [-0.2, 0) is 9.59 Å². The van der Waals surface area contributed by atoms with Crippen LogP contribution in [0.25, 0.3) is 0 Å². The summed E-state index contributed by atoms with van der Waals surface area (Å²) in [6.45, 7) is 5.75. The topological polar surface area (TPSA) is 86.7 Å². The first kappa shape index (κ1) is 15.5. The number of fused-ring (bicyclic) bond motifs is 2. The molecule has 2 fully saturated rings. The third-order valence-corrected chi connectivity index (χ3v) is 5.76. The van der Waals surface area contributed by atoms with E-state index in [1.54, 1.807) is 0 Å². The van der Waals surface area contributed by atoms with E-state index in [4.69, 9.17) is 0 Å². The number of hydrogen-bond donors (Lipinski definition) is 2. The van der Waals surface area contributed by atoms with E-state index in [2.05, 4.69) is 5.43 Å². The summed E-state index contributed by atoms with van der Waals surface area (Å²) < 4.78 is 0. The molecule has 3 rings (SSSR count). The highest BCUT2D eigenvalue weighted by molar-refractivity contribution is 6.06. The fourth-order valence-corrected chi connectivity index (χ4v) is 3.70. The fourth-order valence-electron chi connectivity index (χ4n) is 3.70. The van der Waals surface area contributed by atoms with E-state index in [1.807, 2.05) is 20.8 Å². The van der Waals surface area contributed by atoms with Crippen molar-refractivity contribution in [2.45, 2.75) is 33.6 Å². The van der Waals surface area contributed by atoms with Crippen LogP contribution in [0.3, 0.4) is 0 Å². The van der Waals surface area contributed by atoms with Gasteiger partial charge in [-0.1, -0.05) is 20.8 Å². The second-order valence-corrected chi connectivity index (χ2v) is 7.11. The van der Waals surface area contributed by atoms with Gasteiger partial charge >= 0.3 is 0 Å². The molecule has 3 amide bonds. The van der Waals surface area contributed by atoms with Gasteiger partial charge in [0.2, 0.25) is 0 Å². The standard InChI is InChI=1S/C17H20N2O4/c1-16(2)12-8-9-17(16,3)15(23)19(14(12)22)18-13(21)10-4-6-11(20)7-5-10/h4-7,12,20H,8-9H2,1-3H3,(H,18,21)/t12-,17+/m0/s1. The summed E-state index contributed by atoms with van der Waals surface area (Å²) in [6, 6.07) is 5.62. The second-order valence-electron chi connectivity index (χ2n) is 7.11. The summed E-state index contributed by atoms with van der Waals surface area (Å²) in [5.74, 6) is -1.48. The first-order valence-corrected chi connectivity index (χ1v) is 7.67. The number of hydrazine groups is 1. The molecule has 1 heterocycles. The minimum atomic E-state index is -0.659. The van der Waals surface area contributed by atoms with Crippen LogP contribution in [0.4, 0.5) is 0 Å². The predicted octanol–water partition coefficient (Wildman–Crippen LogP) is 1.85. The quantitative estimate of drug-likeness (QED) is 0.815. The van der Waals surface area contributed by atoms with Crippen LogP contribution in [0.5, 0.6) is 5.75 Å². The number of piperidine rings is 1. The largest absolute Gasteiger partial charge is 0.508 e. The Balaban J connectivity index is 1.87. The zero-order chi connectivity index (χ0) is 17.0. The van der Waals surface area contributed by atoms with Crippen molar-refractivity contribution in [3.63, 3.8) is 0 Å². The van der Waals surface area contributed by atoms with E-state index < -0.39 is 16.7 Å². The summed E-state index contributed by atoms with van der Waals surface area (Å²) in [7, 11) is 0. The van der Waals surface area contributed by atoms with E-state index in [-0.39, 0.29) is 29.0 Å². The molecule has 1 saturated carbocycles. The van der Waals surface area contributed by atoms with Gasteiger partial charge in [0.05, 0.1) is 5.41 Å². The van der Waals surface area contributed by atoms with Crippen molar-refractivity contribution < 1.29 is 19.5 Å². The van der Waals surface area contributed by atoms with Crippen molar-refractivity contribution in [2.24, 2.45) is 16.7 Å². The Hall–Kier alpha value is -2.37. The molecule has 0 unspecified atom stereocenters. The lowest BCUT2D eigenvalue weighted by molar-refractivity contribution is -0.171. The molecule has 1 saturated heterocycles. The van der Waals surface area contributed by atoms with Crippen LogP contribution >= 0.6 is 0 Å². The van der Waals surface area contributed by atoms with Gasteiger partial charge in [-0.25, -0.2) is 0 Å². The van der Waals surface area contributed by atoms with Crippen LogP contribution in [0.15, 0.2) is 24.3 Å². The Labute approximate surface area is 134 Å². The smallest absolute Gasteiger partial charge is 0.270 e. The lowest BCUT2D eigenvalue weighted by Gasteiger charge is -2.47. The van der Waals surface area contributed by atoms with Crippen molar-refractivity contribution in [1.82, 2.24) is 10.4 Å². The summed E-state index contributed by atoms with van der Waals surface area (Å²) in [4.78, 5) is 37.7. The number of rotatable bonds is 2. The Morgan fingerprint density at radius 1 is 1.22 bits per heavy atom. The maximum Gasteiger partial charge on any atom is 0.270 e. The predicted molar refractivity (Wildman–Crippen MR) is 82.0 cm³/mol. The van der Waals surface area contributed by atoms with E-state index >= 15 is 0 Å². The Bertz CT molecular complexity index is 695. The van der Waals surface area contributed by atoms with Crippen molar-refractivity contribution in [1.29, 1.82) is 0 Å². The number of nitrogens with one attached hydrogen (secondary N) is 1. The molecule has 6 nitrogen and oxygen atoms in total. The number of phenolic OH excluding ortho intramolecular Hbond substituents is 1. The van der Waals surface area contributed by atoms with Crippen LogP contribution in [-0.4, -0.2) is 27.8 Å². The van der Waals surface area contributed by atoms with E-state index in [0.717, 1.165) is 5.01 Å². The van der Waals surface area contributed by atoms with Crippen molar-refractivity contribution in [2.75, 3.05) is 0 Å². The molecular weight excluding hydrogens is 296 g/mol. The molecule has 0 spiro atoms. The van der Waals surface area contributed by atoms with Gasteiger partial charge in [-0.15, -0.1) is 0 Å². The van der Waals surface area contributed by atoms with Gasteiger partial charge in [0.25, 0.3) is 17.7 Å². The van der Waals surface area contributed by atoms with Gasteiger partial charge in [-0.3, -0.25) is 19.8 Å². The van der Waals surface area contributed by atoms with Gasteiger partial charge in [-0.05, 0) is 42.5 Å². The number of benzene rings is 1. The number of hydrogen-bond acceptors (Lipinski definition) is 4. The molecule has 2 aliphatic rings. The van der Waals surface area contributed by atoms with Crippen LogP contribution in [0.1, 0.15) is 44.0 Å². The Morgan fingerprint density at radius 2 is 1.83 bits per heavy atom. The van der Waals surface area contributed by atoms with Gasteiger partial charge in [0.1, 0.15) is 5.75 Å². The molecule has 1 aromatic carbocycles. The minimum absolute atomic E-state index is 0.0407. The van der Waals surface area contributed by atoms with E-state index in [1.165, 1.54) is 24.3 Å². The summed E-state index contributed by atoms with van der Waals surface area (Å²) in [5, 5.41) is 10.1. The van der Waals surface area contributed by atoms with Crippen LogP contribution in [0.2, 0.25) is 0 Å². The Morgan fingerprint density at radius 3 is 2.43 bits per heavy atom. The number of carbonyl (C=O) groups is 3. The first-order valence-electron chi connectivity index (χ1n) is 7.67. The molecule has 1 aromatic rings. The number of carbonyl (C=O) groups excluding carboxylic acids is 3. The van der Waals surface area contributed by atoms with Gasteiger partial charge in [0, 0.05) is 11.5 Å². The maximum absolute atomic E-state index is 12.8. The first-order chi connectivity index (χ1) is 10.7. The second kappa shape index (κ2) is 4.81. The maximum atomic E-state index is 12.8. The average molecular weight is 316 g/mol. The van der Waals surface area contributed by atoms with E-state index in [0.29, 0.717) is 12.8 Å². The monoisotopic (exact) mass is 316 g/mol. The van der Waals surface area contributed by atoms with Crippen molar-refractivity contribution in [3.8, 4) is 5.75 Å². The summed E-state index contributed by atoms with van der Waals surface area (Å²) in [5.41, 5.74) is 1.63. The fraction of sp³-hybridized carbons (Fsp3) is 0.471. The SMILES string of the molecule is CC1(C)[C@H]2CC[C@]1(C)C(=O)N(NC(=O)c1ccc(O)cc1)C2=O. The number of imide groups is 1. The third kappa shape index (κ3) is 2.04. The lowest BCUT2D eigenvalue weighted by atomic mass is 9.63. The Kier molecular flexibility index (Phi) is 3.25. The number of nitrogens with zero attached hydrogens (tertiary/aromatic N) is 1. The number of phenols is 1. The van der Waals surface area contributed by atoms with Crippen LogP contribution < -0.4 is 5.43 Å². The molecule has 6 heteroatoms. The highest BCUT2D eigenvalue weighted by Gasteiger charge is 2.64. The highest BCUT2D eigenvalue weighted by atomic mass is 16.3. The average Bonchev–Trinajstić information content (AvgIpc) is 2.69. The number of amides is 3. The zero-order valence-corrected chi connectivity index (χ0v) is 13.4. The lowest BCUT2D eigenvalue weighted by Crippen LogP contribution is -2.63. The van der Waals surface area contributed by atoms with E-state index in [9.17, 15) is 19.5 Å². The zero-order valence-electron chi connectivity index (χ0n) is 13.4. The molecule has 1 aliphatic heterocycles. The molecule has 0 aromatic heterocycles. The third-order valence-electron chi connectivity index (χ3n) is 5.76. The highest BCUT2D eigenvalue weighted by Crippen LogP contribution is 2.59. The summed E-state index contributed by atoms with van der Waals surface area (Å²) >= 11 is 0. The summed E-state index contributed by atoms with van der Waals surface area (Å²) in [6.07, 6.45) is 1.29. The van der Waals surface area contributed by atoms with Crippen LogP contribution in [0, 0.1) is 16.7 Å². The molecule has 122 valence electrons. The van der Waals surface area contributed by atoms with Gasteiger partial charge < -0.3 is 5.11 Å². The van der Waals surface area contributed by atoms with Gasteiger partial charge in [-0.2, -0.15) is 5.01 Å². The van der Waals surface area contributed by atoms with Crippen molar-refractivity contribution >= 4 is 17.7 Å². The molecule has 2 atom stereocenters. The molecule has 2 N–H and O–H groups in total. The number of aromatic hydroxyl groups is 1. The molecule has 1 aliphatic carbocycles. The molecule has 0 radical (unpaired) electrons. The van der Waals surface area contributed by atoms with Gasteiger partial charge in [0.15, 0.2) is 0 Å². The molecule has 23 heavy (non-hydrogen) atoms. The molecule has 2 bridgehead atoms. The molecular formula is C17H20N2O4. The normalized spacial score (nSPS) is 28.8.